The summed E-state index contributed by atoms with van der Waals surface area (Å²) >= 11 is 6.01. The van der Waals surface area contributed by atoms with Gasteiger partial charge in [-0.1, -0.05) is 29.8 Å². The predicted molar refractivity (Wildman–Crippen MR) is 126 cm³/mol. The number of carbonyl (C=O) groups is 1. The van der Waals surface area contributed by atoms with E-state index in [4.69, 9.17) is 25.8 Å². The molecule has 2 aromatic carbocycles. The summed E-state index contributed by atoms with van der Waals surface area (Å²) in [7, 11) is 0. The van der Waals surface area contributed by atoms with Crippen LogP contribution in [0.2, 0.25) is 5.02 Å². The van der Waals surface area contributed by atoms with Gasteiger partial charge in [0.25, 0.3) is 5.91 Å². The average Bonchev–Trinajstić information content (AvgIpc) is 3.24. The largest absolute Gasteiger partial charge is 0.490 e. The van der Waals surface area contributed by atoms with E-state index in [1.807, 2.05) is 53.9 Å². The number of carbonyl (C=O) groups excluding carboxylic acids is 1. The minimum absolute atomic E-state index is 0.231. The van der Waals surface area contributed by atoms with Gasteiger partial charge in [-0.25, -0.2) is 4.98 Å². The number of aromatic nitrogens is 2. The zero-order valence-corrected chi connectivity index (χ0v) is 18.9. The molecule has 7 nitrogen and oxygen atoms in total. The van der Waals surface area contributed by atoms with Crippen molar-refractivity contribution in [2.45, 2.75) is 13.5 Å². The first-order valence-electron chi connectivity index (χ1n) is 10.6. The maximum Gasteiger partial charge on any atom is 0.251 e. The molecule has 0 fully saturated rings. The molecule has 1 amide bonds. The Morgan fingerprint density at radius 2 is 1.79 bits per heavy atom. The van der Waals surface area contributed by atoms with Crippen LogP contribution in [-0.2, 0) is 6.54 Å². The summed E-state index contributed by atoms with van der Waals surface area (Å²) in [5.41, 5.74) is 1.96. The van der Waals surface area contributed by atoms with Gasteiger partial charge in [0, 0.05) is 18.0 Å². The second-order valence-electron chi connectivity index (χ2n) is 7.13. The Morgan fingerprint density at radius 1 is 0.970 bits per heavy atom. The van der Waals surface area contributed by atoms with Gasteiger partial charge in [0.15, 0.2) is 11.5 Å². The number of amides is 1. The lowest BCUT2D eigenvalue weighted by Crippen LogP contribution is -2.23. The molecule has 0 atom stereocenters. The molecular formula is C25H24ClN3O4. The highest BCUT2D eigenvalue weighted by atomic mass is 35.5. The highest BCUT2D eigenvalue weighted by molar-refractivity contribution is 6.30. The van der Waals surface area contributed by atoms with Crippen LogP contribution < -0.4 is 19.5 Å². The van der Waals surface area contributed by atoms with Crippen LogP contribution in [0.3, 0.4) is 0 Å². The number of fused-ring (bicyclic) bond motifs is 1. The van der Waals surface area contributed by atoms with Crippen molar-refractivity contribution in [1.29, 1.82) is 0 Å². The Balaban J connectivity index is 1.35. The van der Waals surface area contributed by atoms with Crippen LogP contribution in [0, 0.1) is 0 Å². The Bertz CT molecular complexity index is 1230. The van der Waals surface area contributed by atoms with Gasteiger partial charge in [-0.2, -0.15) is 0 Å². The van der Waals surface area contributed by atoms with Crippen molar-refractivity contribution in [3.8, 4) is 17.2 Å². The summed E-state index contributed by atoms with van der Waals surface area (Å²) in [6, 6.07) is 18.3. The molecule has 2 aromatic heterocycles. The third-order valence-corrected chi connectivity index (χ3v) is 4.98. The van der Waals surface area contributed by atoms with Crippen LogP contribution >= 0.6 is 11.6 Å². The fourth-order valence-electron chi connectivity index (χ4n) is 3.24. The summed E-state index contributed by atoms with van der Waals surface area (Å²) in [4.78, 5) is 17.2. The number of ether oxygens (including phenoxy) is 3. The topological polar surface area (TPSA) is 74.1 Å². The van der Waals surface area contributed by atoms with Crippen LogP contribution in [0.5, 0.6) is 17.2 Å². The molecule has 0 radical (unpaired) electrons. The molecule has 0 aliphatic carbocycles. The Kier molecular flexibility index (Phi) is 7.32. The molecule has 33 heavy (non-hydrogen) atoms. The first-order chi connectivity index (χ1) is 16.1. The third-order valence-electron chi connectivity index (χ3n) is 4.75. The molecule has 0 saturated heterocycles. The summed E-state index contributed by atoms with van der Waals surface area (Å²) in [5, 5.41) is 3.50. The number of benzene rings is 2. The maximum absolute atomic E-state index is 12.7. The van der Waals surface area contributed by atoms with E-state index < -0.39 is 0 Å². The SMILES string of the molecule is CCOc1cc(C(=O)NCc2cn3cc(Cl)ccc3n2)ccc1OCCOc1ccccc1. The van der Waals surface area contributed by atoms with Gasteiger partial charge in [0.1, 0.15) is 24.6 Å². The van der Waals surface area contributed by atoms with Crippen molar-refractivity contribution in [2.24, 2.45) is 0 Å². The van der Waals surface area contributed by atoms with Gasteiger partial charge < -0.3 is 23.9 Å². The van der Waals surface area contributed by atoms with Crippen LogP contribution in [-0.4, -0.2) is 35.1 Å². The van der Waals surface area contributed by atoms with Crippen molar-refractivity contribution in [1.82, 2.24) is 14.7 Å². The van der Waals surface area contributed by atoms with Gasteiger partial charge in [-0.3, -0.25) is 4.79 Å². The van der Waals surface area contributed by atoms with Gasteiger partial charge in [-0.05, 0) is 49.4 Å². The highest BCUT2D eigenvalue weighted by Crippen LogP contribution is 2.28. The summed E-state index contributed by atoms with van der Waals surface area (Å²) in [5.74, 6) is 1.62. The van der Waals surface area contributed by atoms with Crippen molar-refractivity contribution < 1.29 is 19.0 Å². The monoisotopic (exact) mass is 465 g/mol. The van der Waals surface area contributed by atoms with E-state index in [0.717, 1.165) is 17.1 Å². The Hall–Kier alpha value is -3.71. The van der Waals surface area contributed by atoms with E-state index in [1.54, 1.807) is 30.5 Å². The molecule has 0 bridgehead atoms. The standard InChI is InChI=1S/C25H24ClN3O4/c1-2-31-23-14-18(8-10-22(23)33-13-12-32-21-6-4-3-5-7-21)25(30)27-15-20-17-29-16-19(26)9-11-24(29)28-20/h3-11,14,16-17H,2,12-13,15H2,1H3,(H,27,30). The van der Waals surface area contributed by atoms with Crippen LogP contribution in [0.15, 0.2) is 73.1 Å². The third kappa shape index (κ3) is 5.96. The second kappa shape index (κ2) is 10.7. The molecule has 1 N–H and O–H groups in total. The number of nitrogens with one attached hydrogen (secondary N) is 1. The average molecular weight is 466 g/mol. The molecule has 2 heterocycles. The zero-order chi connectivity index (χ0) is 23.0. The fraction of sp³-hybridized carbons (Fsp3) is 0.200. The Morgan fingerprint density at radius 3 is 2.61 bits per heavy atom. The summed E-state index contributed by atoms with van der Waals surface area (Å²) in [6.07, 6.45) is 3.61. The lowest BCUT2D eigenvalue weighted by atomic mass is 10.2. The smallest absolute Gasteiger partial charge is 0.251 e. The molecule has 4 rings (SSSR count). The van der Waals surface area contributed by atoms with Gasteiger partial charge in [0.2, 0.25) is 0 Å². The van der Waals surface area contributed by atoms with Gasteiger partial charge >= 0.3 is 0 Å². The number of rotatable bonds is 10. The normalized spacial score (nSPS) is 10.7. The van der Waals surface area contributed by atoms with Crippen LogP contribution in [0.4, 0.5) is 0 Å². The van der Waals surface area contributed by atoms with Crippen molar-refractivity contribution >= 4 is 23.2 Å². The quantitative estimate of drug-likeness (QED) is 0.341. The van der Waals surface area contributed by atoms with E-state index in [9.17, 15) is 4.79 Å². The highest BCUT2D eigenvalue weighted by Gasteiger charge is 2.13. The van der Waals surface area contributed by atoms with Gasteiger partial charge in [0.05, 0.1) is 23.9 Å². The lowest BCUT2D eigenvalue weighted by molar-refractivity contribution is 0.0950. The van der Waals surface area contributed by atoms with E-state index in [0.29, 0.717) is 41.9 Å². The number of halogens is 1. The molecule has 0 aliphatic heterocycles. The first-order valence-corrected chi connectivity index (χ1v) is 11.0. The van der Waals surface area contributed by atoms with Crippen LogP contribution in [0.1, 0.15) is 23.0 Å². The summed E-state index contributed by atoms with van der Waals surface area (Å²) in [6.45, 7) is 3.36. The Labute approximate surface area is 196 Å². The number of hydrogen-bond donors (Lipinski definition) is 1. The summed E-state index contributed by atoms with van der Waals surface area (Å²) < 4.78 is 19.0. The van der Waals surface area contributed by atoms with Crippen LogP contribution in [0.25, 0.3) is 5.65 Å². The number of nitrogens with zero attached hydrogens (tertiary/aromatic N) is 2. The minimum atomic E-state index is -0.231. The molecule has 0 spiro atoms. The lowest BCUT2D eigenvalue weighted by Gasteiger charge is -2.14. The maximum atomic E-state index is 12.7. The molecule has 4 aromatic rings. The second-order valence-corrected chi connectivity index (χ2v) is 7.57. The first kappa shape index (κ1) is 22.5. The van der Waals surface area contributed by atoms with E-state index in [-0.39, 0.29) is 12.5 Å². The number of hydrogen-bond acceptors (Lipinski definition) is 5. The zero-order valence-electron chi connectivity index (χ0n) is 18.2. The van der Waals surface area contributed by atoms with E-state index >= 15 is 0 Å². The van der Waals surface area contributed by atoms with Crippen molar-refractivity contribution in [3.63, 3.8) is 0 Å². The minimum Gasteiger partial charge on any atom is -0.490 e. The molecule has 8 heteroatoms. The number of imidazole rings is 1. The molecule has 0 unspecified atom stereocenters. The van der Waals surface area contributed by atoms with E-state index in [1.165, 1.54) is 0 Å². The van der Waals surface area contributed by atoms with Gasteiger partial charge in [-0.15, -0.1) is 0 Å². The van der Waals surface area contributed by atoms with Crippen molar-refractivity contribution in [3.05, 3.63) is 89.3 Å². The number of pyridine rings is 1. The fourth-order valence-corrected chi connectivity index (χ4v) is 3.41. The molecule has 0 aliphatic rings. The predicted octanol–water partition coefficient (Wildman–Crippen LogP) is 4.77. The number of para-hydroxylation sites is 1. The van der Waals surface area contributed by atoms with Crippen molar-refractivity contribution in [2.75, 3.05) is 19.8 Å². The molecular weight excluding hydrogens is 442 g/mol. The molecule has 170 valence electrons. The molecule has 0 saturated carbocycles. The van der Waals surface area contributed by atoms with E-state index in [2.05, 4.69) is 10.3 Å².